The Bertz CT molecular complexity index is 612. The first kappa shape index (κ1) is 16.8. The van der Waals surface area contributed by atoms with Gasteiger partial charge in [-0.3, -0.25) is 9.69 Å². The Morgan fingerprint density at radius 2 is 2.13 bits per heavy atom. The number of esters is 1. The van der Waals surface area contributed by atoms with E-state index in [1.54, 1.807) is 29.2 Å². The number of nitrogens with one attached hydrogen (secondary N) is 1. The van der Waals surface area contributed by atoms with Crippen molar-refractivity contribution in [2.45, 2.75) is 6.42 Å². The summed E-state index contributed by atoms with van der Waals surface area (Å²) in [7, 11) is 1.37. The topological polar surface area (TPSA) is 85.7 Å². The fourth-order valence-electron chi connectivity index (χ4n) is 2.45. The van der Waals surface area contributed by atoms with E-state index in [0.29, 0.717) is 30.9 Å². The molecule has 1 N–H and O–H groups in total. The molecule has 1 aromatic carbocycles. The zero-order chi connectivity index (χ0) is 16.7. The maximum Gasteiger partial charge on any atom is 0.321 e. The van der Waals surface area contributed by atoms with Crippen LogP contribution in [0.1, 0.15) is 12.0 Å². The lowest BCUT2D eigenvalue weighted by Crippen LogP contribution is -2.39. The number of methoxy groups -OCH3 is 1. The fraction of sp³-hybridized carbons (Fsp3) is 0.438. The summed E-state index contributed by atoms with van der Waals surface area (Å²) in [5, 5.41) is 11.7. The number of ether oxygens (including phenoxy) is 1. The van der Waals surface area contributed by atoms with Crippen LogP contribution in [0.2, 0.25) is 0 Å². The van der Waals surface area contributed by atoms with Crippen molar-refractivity contribution in [1.29, 1.82) is 5.26 Å². The van der Waals surface area contributed by atoms with Gasteiger partial charge in [-0.1, -0.05) is 6.07 Å². The van der Waals surface area contributed by atoms with Gasteiger partial charge < -0.3 is 15.0 Å². The molecule has 0 aromatic heterocycles. The number of rotatable bonds is 3. The van der Waals surface area contributed by atoms with Gasteiger partial charge in [-0.25, -0.2) is 4.79 Å². The van der Waals surface area contributed by atoms with Crippen LogP contribution in [-0.4, -0.2) is 61.6 Å². The first-order valence-electron chi connectivity index (χ1n) is 7.47. The summed E-state index contributed by atoms with van der Waals surface area (Å²) in [6.07, 6.45) is 0.794. The van der Waals surface area contributed by atoms with Crippen molar-refractivity contribution >= 4 is 17.7 Å². The minimum absolute atomic E-state index is 0.194. The normalized spacial score (nSPS) is 15.4. The van der Waals surface area contributed by atoms with Crippen LogP contribution in [0.3, 0.4) is 0 Å². The van der Waals surface area contributed by atoms with E-state index in [9.17, 15) is 9.59 Å². The van der Waals surface area contributed by atoms with Gasteiger partial charge in [0.15, 0.2) is 0 Å². The highest BCUT2D eigenvalue weighted by Crippen LogP contribution is 2.12. The van der Waals surface area contributed by atoms with Crippen molar-refractivity contribution in [3.63, 3.8) is 0 Å². The first-order chi connectivity index (χ1) is 11.1. The molecule has 1 aliphatic heterocycles. The monoisotopic (exact) mass is 316 g/mol. The highest BCUT2D eigenvalue weighted by atomic mass is 16.5. The lowest BCUT2D eigenvalue weighted by molar-refractivity contribution is -0.141. The summed E-state index contributed by atoms with van der Waals surface area (Å²) in [6.45, 7) is 2.79. The molecule has 2 rings (SSSR count). The molecule has 2 amide bonds. The largest absolute Gasteiger partial charge is 0.468 e. The van der Waals surface area contributed by atoms with Gasteiger partial charge in [-0.15, -0.1) is 0 Å². The molecule has 1 saturated heterocycles. The Balaban J connectivity index is 1.90. The van der Waals surface area contributed by atoms with Gasteiger partial charge in [0, 0.05) is 31.9 Å². The van der Waals surface area contributed by atoms with Gasteiger partial charge in [0.05, 0.1) is 25.3 Å². The number of carbonyl (C=O) groups is 2. The summed E-state index contributed by atoms with van der Waals surface area (Å²) >= 11 is 0. The maximum absolute atomic E-state index is 12.3. The minimum atomic E-state index is -0.267. The molecule has 0 spiro atoms. The molecular weight excluding hydrogens is 296 g/mol. The third-order valence-electron chi connectivity index (χ3n) is 3.70. The van der Waals surface area contributed by atoms with E-state index in [-0.39, 0.29) is 18.5 Å². The summed E-state index contributed by atoms with van der Waals surface area (Å²) in [5.41, 5.74) is 1.10. The molecule has 7 heteroatoms. The fourth-order valence-corrected chi connectivity index (χ4v) is 2.45. The van der Waals surface area contributed by atoms with E-state index >= 15 is 0 Å². The molecule has 7 nitrogen and oxygen atoms in total. The SMILES string of the molecule is COC(=O)CN1CCCN(C(=O)Nc2cccc(C#N)c2)CC1. The van der Waals surface area contributed by atoms with Gasteiger partial charge in [-0.05, 0) is 24.6 Å². The number of hydrogen-bond donors (Lipinski definition) is 1. The predicted octanol–water partition coefficient (Wildman–Crippen LogP) is 1.27. The summed E-state index contributed by atoms with van der Waals surface area (Å²) in [5.74, 6) is -0.267. The van der Waals surface area contributed by atoms with Crippen LogP contribution in [0.15, 0.2) is 24.3 Å². The number of urea groups is 1. The Morgan fingerprint density at radius 1 is 1.30 bits per heavy atom. The van der Waals surface area contributed by atoms with E-state index in [0.717, 1.165) is 13.0 Å². The average molecular weight is 316 g/mol. The third-order valence-corrected chi connectivity index (χ3v) is 3.70. The summed E-state index contributed by atoms with van der Waals surface area (Å²) in [4.78, 5) is 27.4. The highest BCUT2D eigenvalue weighted by Gasteiger charge is 2.20. The van der Waals surface area contributed by atoms with Crippen LogP contribution < -0.4 is 5.32 Å². The average Bonchev–Trinajstić information content (AvgIpc) is 2.80. The quantitative estimate of drug-likeness (QED) is 0.849. The second-order valence-electron chi connectivity index (χ2n) is 5.32. The van der Waals surface area contributed by atoms with E-state index < -0.39 is 0 Å². The summed E-state index contributed by atoms with van der Waals surface area (Å²) < 4.78 is 4.67. The van der Waals surface area contributed by atoms with Crippen LogP contribution >= 0.6 is 0 Å². The number of hydrogen-bond acceptors (Lipinski definition) is 5. The van der Waals surface area contributed by atoms with Crippen LogP contribution in [0.5, 0.6) is 0 Å². The van der Waals surface area contributed by atoms with Crippen molar-refractivity contribution in [3.8, 4) is 6.07 Å². The minimum Gasteiger partial charge on any atom is -0.468 e. The molecule has 0 aliphatic carbocycles. The van der Waals surface area contributed by atoms with Gasteiger partial charge in [-0.2, -0.15) is 5.26 Å². The van der Waals surface area contributed by atoms with Crippen molar-refractivity contribution < 1.29 is 14.3 Å². The second kappa shape index (κ2) is 8.15. The Morgan fingerprint density at radius 3 is 2.87 bits per heavy atom. The molecule has 122 valence electrons. The van der Waals surface area contributed by atoms with E-state index in [1.165, 1.54) is 7.11 Å². The number of nitriles is 1. The van der Waals surface area contributed by atoms with Crippen LogP contribution in [0, 0.1) is 11.3 Å². The number of benzene rings is 1. The molecular formula is C16H20N4O3. The molecule has 0 bridgehead atoms. The summed E-state index contributed by atoms with van der Waals surface area (Å²) in [6, 6.07) is 8.66. The molecule has 1 aliphatic rings. The first-order valence-corrected chi connectivity index (χ1v) is 7.47. The number of anilines is 1. The van der Waals surface area contributed by atoms with Crippen LogP contribution in [0.25, 0.3) is 0 Å². The van der Waals surface area contributed by atoms with Crippen molar-refractivity contribution in [2.24, 2.45) is 0 Å². The third kappa shape index (κ3) is 4.97. The molecule has 1 heterocycles. The number of nitrogens with zero attached hydrogens (tertiary/aromatic N) is 3. The van der Waals surface area contributed by atoms with Gasteiger partial charge >= 0.3 is 12.0 Å². The lowest BCUT2D eigenvalue weighted by atomic mass is 10.2. The maximum atomic E-state index is 12.3. The number of carbonyl (C=O) groups excluding carboxylic acids is 2. The molecule has 1 aromatic rings. The molecule has 0 saturated carbocycles. The Labute approximate surface area is 135 Å². The smallest absolute Gasteiger partial charge is 0.321 e. The van der Waals surface area contributed by atoms with Gasteiger partial charge in [0.2, 0.25) is 0 Å². The van der Waals surface area contributed by atoms with Crippen molar-refractivity contribution in [2.75, 3.05) is 45.2 Å². The van der Waals surface area contributed by atoms with Gasteiger partial charge in [0.1, 0.15) is 0 Å². The van der Waals surface area contributed by atoms with Gasteiger partial charge in [0.25, 0.3) is 0 Å². The van der Waals surface area contributed by atoms with Crippen LogP contribution in [-0.2, 0) is 9.53 Å². The Hall–Kier alpha value is -2.59. The second-order valence-corrected chi connectivity index (χ2v) is 5.32. The van der Waals surface area contributed by atoms with Crippen molar-refractivity contribution in [3.05, 3.63) is 29.8 Å². The molecule has 1 fully saturated rings. The highest BCUT2D eigenvalue weighted by molar-refractivity contribution is 5.89. The van der Waals surface area contributed by atoms with E-state index in [2.05, 4.69) is 10.1 Å². The predicted molar refractivity (Wildman–Crippen MR) is 84.8 cm³/mol. The number of amides is 2. The standard InChI is InChI=1S/C16H20N4O3/c1-23-15(21)12-19-6-3-7-20(9-8-19)16(22)18-14-5-2-4-13(10-14)11-17/h2,4-5,10H,3,6-9,12H2,1H3,(H,18,22). The molecule has 23 heavy (non-hydrogen) atoms. The van der Waals surface area contributed by atoms with E-state index in [1.807, 2.05) is 11.0 Å². The van der Waals surface area contributed by atoms with E-state index in [4.69, 9.17) is 5.26 Å². The molecule has 0 atom stereocenters. The van der Waals surface area contributed by atoms with Crippen LogP contribution in [0.4, 0.5) is 10.5 Å². The molecule has 0 unspecified atom stereocenters. The Kier molecular flexibility index (Phi) is 5.94. The molecule has 0 radical (unpaired) electrons. The zero-order valence-corrected chi connectivity index (χ0v) is 13.1. The lowest BCUT2D eigenvalue weighted by Gasteiger charge is -2.21. The zero-order valence-electron chi connectivity index (χ0n) is 13.1. The van der Waals surface area contributed by atoms with Crippen molar-refractivity contribution in [1.82, 2.24) is 9.80 Å².